The lowest BCUT2D eigenvalue weighted by Gasteiger charge is -2.38. The van der Waals surface area contributed by atoms with Gasteiger partial charge in [0.15, 0.2) is 17.9 Å². The van der Waals surface area contributed by atoms with Crippen molar-refractivity contribution in [3.05, 3.63) is 89.5 Å². The van der Waals surface area contributed by atoms with Crippen LogP contribution in [0, 0.1) is 11.8 Å². The molecule has 0 aromatic heterocycles. The van der Waals surface area contributed by atoms with Crippen molar-refractivity contribution in [1.82, 2.24) is 15.1 Å². The molecule has 2 saturated heterocycles. The van der Waals surface area contributed by atoms with Crippen LogP contribution >= 0.6 is 23.5 Å². The fourth-order valence-corrected chi connectivity index (χ4v) is 9.61. The summed E-state index contributed by atoms with van der Waals surface area (Å²) in [5.41, 5.74) is 2.80. The molecule has 2 fully saturated rings. The Morgan fingerprint density at radius 1 is 0.900 bits per heavy atom. The highest BCUT2D eigenvalue weighted by molar-refractivity contribution is 7.99. The van der Waals surface area contributed by atoms with Crippen LogP contribution in [0.1, 0.15) is 94.2 Å². The summed E-state index contributed by atoms with van der Waals surface area (Å²) in [6, 6.07) is 19.2. The summed E-state index contributed by atoms with van der Waals surface area (Å²) in [5, 5.41) is 30.7. The number of carbonyl (C=O) groups is 7. The Morgan fingerprint density at radius 2 is 1.57 bits per heavy atom. The minimum atomic E-state index is -1.42. The van der Waals surface area contributed by atoms with Crippen molar-refractivity contribution in [2.45, 2.75) is 118 Å². The average Bonchev–Trinajstić information content (AvgIpc) is 3.47. The van der Waals surface area contributed by atoms with Crippen LogP contribution in [0.4, 0.5) is 5.69 Å². The van der Waals surface area contributed by atoms with E-state index >= 15 is 0 Å². The van der Waals surface area contributed by atoms with E-state index in [1.165, 1.54) is 70.9 Å². The normalized spacial score (nSPS) is 21.5. The summed E-state index contributed by atoms with van der Waals surface area (Å²) in [6.45, 7) is 13.4. The number of rotatable bonds is 15. The molecule has 70 heavy (non-hydrogen) atoms. The smallest absolute Gasteiger partial charge is 0.332 e. The lowest BCUT2D eigenvalue weighted by molar-refractivity contribution is -0.175. The number of anilines is 1. The molecule has 0 spiro atoms. The predicted molar refractivity (Wildman–Crippen MR) is 266 cm³/mol. The molecule has 3 aliphatic heterocycles. The van der Waals surface area contributed by atoms with Crippen LogP contribution in [0.15, 0.2) is 87.5 Å². The first-order valence-corrected chi connectivity index (χ1v) is 25.3. The molecule has 380 valence electrons. The van der Waals surface area contributed by atoms with Gasteiger partial charge in [-0.25, -0.2) is 14.4 Å². The van der Waals surface area contributed by atoms with Crippen LogP contribution in [0.3, 0.4) is 0 Å². The van der Waals surface area contributed by atoms with Gasteiger partial charge in [0, 0.05) is 65.5 Å². The first kappa shape index (κ1) is 56.7. The van der Waals surface area contributed by atoms with Crippen LogP contribution in [0.2, 0.25) is 0 Å². The number of thioether (sulfide) groups is 1. The van der Waals surface area contributed by atoms with Gasteiger partial charge >= 0.3 is 29.8 Å². The van der Waals surface area contributed by atoms with Crippen molar-refractivity contribution in [2.75, 3.05) is 44.8 Å². The number of nitrogens with zero attached hydrogens (tertiary/aromatic N) is 2. The van der Waals surface area contributed by atoms with Gasteiger partial charge in [-0.2, -0.15) is 0 Å². The van der Waals surface area contributed by atoms with Crippen molar-refractivity contribution in [2.24, 2.45) is 11.8 Å². The summed E-state index contributed by atoms with van der Waals surface area (Å²) in [7, 11) is 2.23. The number of phenols is 1. The SMILES string of the molecule is CCCCCC1C(=O)OC(C)C(NC(=O)c2cccc(NC=O)c2O)C(=O)OC(C)C1OC(=O)CC(C)C.CSc1ccc2c(c1)C(N1CCN(C)CC1)Cc1ccccc1S2.O=C(O)C=CC(=O)O. The van der Waals surface area contributed by atoms with E-state index < -0.39 is 71.8 Å². The van der Waals surface area contributed by atoms with E-state index in [1.54, 1.807) is 0 Å². The molecule has 2 amide bonds. The van der Waals surface area contributed by atoms with E-state index in [1.807, 2.05) is 44.3 Å². The summed E-state index contributed by atoms with van der Waals surface area (Å²) in [4.78, 5) is 91.2. The van der Waals surface area contributed by atoms with E-state index in [0.29, 0.717) is 37.4 Å². The number of carboxylic acid groups (broad SMARTS) is 2. The number of phenolic OH excluding ortho intramolecular Hbond substituents is 1. The van der Waals surface area contributed by atoms with Crippen molar-refractivity contribution >= 4 is 71.4 Å². The highest BCUT2D eigenvalue weighted by Crippen LogP contribution is 2.44. The zero-order chi connectivity index (χ0) is 51.5. The highest BCUT2D eigenvalue weighted by Gasteiger charge is 2.44. The number of carbonyl (C=O) groups excluding carboxylic acids is 5. The van der Waals surface area contributed by atoms with Gasteiger partial charge in [0.2, 0.25) is 6.41 Å². The quantitative estimate of drug-likeness (QED) is 0.0192. The van der Waals surface area contributed by atoms with Gasteiger partial charge < -0.3 is 45.1 Å². The van der Waals surface area contributed by atoms with Crippen LogP contribution < -0.4 is 10.6 Å². The largest absolute Gasteiger partial charge is 0.505 e. The number of fused-ring (bicyclic) bond motifs is 2. The monoisotopic (exact) mass is 1010 g/mol. The van der Waals surface area contributed by atoms with Crippen LogP contribution in [-0.4, -0.2) is 131 Å². The van der Waals surface area contributed by atoms with Crippen molar-refractivity contribution in [1.29, 1.82) is 0 Å². The summed E-state index contributed by atoms with van der Waals surface area (Å²) < 4.78 is 16.9. The number of piperazine rings is 1. The number of unbranched alkanes of at least 4 members (excludes halogenated alkanes) is 2. The number of likely N-dealkylation sites (N-methyl/N-ethyl adjacent to an activating group) is 1. The second-order valence-electron chi connectivity index (χ2n) is 17.5. The van der Waals surface area contributed by atoms with Crippen LogP contribution in [0.5, 0.6) is 5.75 Å². The maximum atomic E-state index is 13.3. The molecule has 0 radical (unpaired) electrons. The van der Waals surface area contributed by atoms with Crippen LogP contribution in [0.25, 0.3) is 0 Å². The molecule has 0 bridgehead atoms. The molecule has 0 saturated carbocycles. The number of para-hydroxylation sites is 1. The van der Waals surface area contributed by atoms with E-state index in [4.69, 9.17) is 24.4 Å². The summed E-state index contributed by atoms with van der Waals surface area (Å²) in [5.74, 6) is -6.79. The second-order valence-corrected chi connectivity index (χ2v) is 19.5. The third-order valence-corrected chi connectivity index (χ3v) is 13.7. The third kappa shape index (κ3) is 16.9. The number of hydrogen-bond donors (Lipinski definition) is 5. The summed E-state index contributed by atoms with van der Waals surface area (Å²) >= 11 is 3.79. The van der Waals surface area contributed by atoms with Gasteiger partial charge in [0.25, 0.3) is 5.91 Å². The molecule has 3 heterocycles. The number of hydrogen-bond acceptors (Lipinski definition) is 15. The number of amides is 2. The minimum absolute atomic E-state index is 0.00114. The van der Waals surface area contributed by atoms with E-state index in [0.717, 1.165) is 32.4 Å². The maximum Gasteiger partial charge on any atom is 0.332 e. The lowest BCUT2D eigenvalue weighted by Crippen LogP contribution is -2.50. The number of esters is 3. The average molecular weight is 1010 g/mol. The molecular weight excluding hydrogens is 941 g/mol. The maximum absolute atomic E-state index is 13.3. The molecule has 6 atom stereocenters. The number of nitrogens with one attached hydrogen (secondary N) is 2. The Kier molecular flexibility index (Phi) is 22.7. The standard InChI is InChI=1S/C27H38N2O9.C20H24N2S2.C4H4O4/c1-6-7-8-10-19-24(38-21(31)13-15(2)3)17(5)37-27(35)22(16(4)36-26(19)34)29-25(33)18-11-9-12-20(23(18)32)28-14-30;1-21-9-11-22(12-10-21)18-13-15-5-3-4-6-19(15)24-20-8-7-16(23-2)14-17(18)20;5-3(6)1-2-4(7)8/h9,11-12,14-17,19,22,24,32H,6-8,10,13H2,1-5H3,(H,28,30)(H,29,33);3-8,14,18H,9-13H2,1-2H3;1-2H,(H,5,6)(H,7,8). The van der Waals surface area contributed by atoms with Crippen molar-refractivity contribution < 1.29 is 63.1 Å². The molecule has 19 heteroatoms. The minimum Gasteiger partial charge on any atom is -0.505 e. The van der Waals surface area contributed by atoms with E-state index in [2.05, 4.69) is 76.2 Å². The molecule has 0 aliphatic carbocycles. The fourth-order valence-electron chi connectivity index (χ4n) is 8.04. The number of cyclic esters (lactones) is 2. The Balaban J connectivity index is 0.000000280. The molecule has 3 aromatic rings. The Labute approximate surface area is 418 Å². The molecule has 17 nitrogen and oxygen atoms in total. The van der Waals surface area contributed by atoms with Gasteiger partial charge in [0.1, 0.15) is 12.2 Å². The summed E-state index contributed by atoms with van der Waals surface area (Å²) in [6.07, 6.45) is 4.47. The molecule has 3 aromatic carbocycles. The first-order chi connectivity index (χ1) is 33.4. The topological polar surface area (TPSA) is 238 Å². The zero-order valence-corrected chi connectivity index (χ0v) is 42.4. The number of aliphatic carboxylic acids is 2. The Hall–Kier alpha value is -5.89. The number of ether oxygens (including phenoxy) is 3. The molecule has 5 N–H and O–H groups in total. The van der Waals surface area contributed by atoms with E-state index in [-0.39, 0.29) is 23.6 Å². The van der Waals surface area contributed by atoms with Gasteiger partial charge in [-0.3, -0.25) is 24.1 Å². The van der Waals surface area contributed by atoms with Gasteiger partial charge in [-0.05, 0) is 93.4 Å². The molecule has 6 unspecified atom stereocenters. The molecule has 6 rings (SSSR count). The zero-order valence-electron chi connectivity index (χ0n) is 40.8. The fraction of sp³-hybridized carbons (Fsp3) is 0.471. The van der Waals surface area contributed by atoms with E-state index in [9.17, 15) is 38.7 Å². The predicted octanol–water partition coefficient (Wildman–Crippen LogP) is 7.21. The van der Waals surface area contributed by atoms with Crippen molar-refractivity contribution in [3.8, 4) is 5.75 Å². The highest BCUT2D eigenvalue weighted by atomic mass is 32.2. The number of aromatic hydroxyl groups is 1. The van der Waals surface area contributed by atoms with Crippen molar-refractivity contribution in [3.63, 3.8) is 0 Å². The molecule has 3 aliphatic rings. The van der Waals surface area contributed by atoms with Crippen LogP contribution in [-0.2, 0) is 49.4 Å². The second kappa shape index (κ2) is 28.1. The van der Waals surface area contributed by atoms with Gasteiger partial charge in [0.05, 0.1) is 17.2 Å². The first-order valence-electron chi connectivity index (χ1n) is 23.3. The number of benzene rings is 3. The Bertz CT molecular complexity index is 2300. The van der Waals surface area contributed by atoms with Gasteiger partial charge in [-0.15, -0.1) is 11.8 Å². The Morgan fingerprint density at radius 3 is 2.20 bits per heavy atom. The van der Waals surface area contributed by atoms with Gasteiger partial charge in [-0.1, -0.05) is 76.1 Å². The number of carboxylic acids is 2. The molecular formula is C51H66N4O13S2. The third-order valence-electron chi connectivity index (χ3n) is 11.8. The lowest BCUT2D eigenvalue weighted by atomic mass is 9.92.